The van der Waals surface area contributed by atoms with E-state index >= 15 is 0 Å². The summed E-state index contributed by atoms with van der Waals surface area (Å²) in [5, 5.41) is 3.40. The summed E-state index contributed by atoms with van der Waals surface area (Å²) in [5.74, 6) is -0.725. The van der Waals surface area contributed by atoms with Gasteiger partial charge in [0.05, 0.1) is 0 Å². The normalized spacial score (nSPS) is 17.3. The van der Waals surface area contributed by atoms with Gasteiger partial charge in [-0.05, 0) is 41.8 Å². The van der Waals surface area contributed by atoms with Crippen molar-refractivity contribution in [3.63, 3.8) is 0 Å². The molecule has 1 aliphatic heterocycles. The van der Waals surface area contributed by atoms with Gasteiger partial charge >= 0.3 is 0 Å². The van der Waals surface area contributed by atoms with Gasteiger partial charge in [-0.25, -0.2) is 4.39 Å². The molecule has 1 saturated heterocycles. The Morgan fingerprint density at radius 2 is 2.00 bits per heavy atom. The minimum Gasteiger partial charge on any atom is -0.352 e. The van der Waals surface area contributed by atoms with E-state index < -0.39 is 6.04 Å². The molecule has 1 N–H and O–H groups in total. The van der Waals surface area contributed by atoms with Crippen molar-refractivity contribution in [3.05, 3.63) is 70.5 Å². The number of hydrogen-bond donors (Lipinski definition) is 1. The SMILES string of the molecule is O=C1NCCN(C(=O)CCc2cccc(Cl)c2)C1c1ccc(F)cc1. The number of hydrogen-bond acceptors (Lipinski definition) is 2. The average Bonchev–Trinajstić information content (AvgIpc) is 2.60. The lowest BCUT2D eigenvalue weighted by molar-refractivity contribution is -0.143. The Hall–Kier alpha value is -2.40. The second-order valence-corrected chi connectivity index (χ2v) is 6.40. The summed E-state index contributed by atoms with van der Waals surface area (Å²) in [4.78, 5) is 26.6. The lowest BCUT2D eigenvalue weighted by Crippen LogP contribution is -2.52. The van der Waals surface area contributed by atoms with Crippen LogP contribution < -0.4 is 5.32 Å². The van der Waals surface area contributed by atoms with Crippen LogP contribution in [-0.2, 0) is 16.0 Å². The summed E-state index contributed by atoms with van der Waals surface area (Å²) in [6.07, 6.45) is 0.832. The number of nitrogens with zero attached hydrogens (tertiary/aromatic N) is 1. The van der Waals surface area contributed by atoms with Crippen molar-refractivity contribution in [3.8, 4) is 0 Å². The van der Waals surface area contributed by atoms with E-state index in [9.17, 15) is 14.0 Å². The van der Waals surface area contributed by atoms with E-state index in [0.29, 0.717) is 30.1 Å². The van der Waals surface area contributed by atoms with Crippen LogP contribution in [0.2, 0.25) is 5.02 Å². The average molecular weight is 361 g/mol. The van der Waals surface area contributed by atoms with Crippen LogP contribution in [0.15, 0.2) is 48.5 Å². The molecule has 1 unspecified atom stereocenters. The summed E-state index contributed by atoms with van der Waals surface area (Å²) in [6.45, 7) is 0.849. The molecule has 6 heteroatoms. The number of amides is 2. The molecule has 0 spiro atoms. The Morgan fingerprint density at radius 1 is 1.24 bits per heavy atom. The molecule has 0 saturated carbocycles. The van der Waals surface area contributed by atoms with E-state index in [1.165, 1.54) is 12.1 Å². The van der Waals surface area contributed by atoms with Crippen molar-refractivity contribution in [2.24, 2.45) is 0 Å². The highest BCUT2D eigenvalue weighted by Gasteiger charge is 2.33. The molecule has 25 heavy (non-hydrogen) atoms. The van der Waals surface area contributed by atoms with Gasteiger partial charge in [0.1, 0.15) is 11.9 Å². The van der Waals surface area contributed by atoms with Gasteiger partial charge in [-0.2, -0.15) is 0 Å². The first-order chi connectivity index (χ1) is 12.0. The predicted octanol–water partition coefficient (Wildman–Crippen LogP) is 3.11. The largest absolute Gasteiger partial charge is 0.352 e. The van der Waals surface area contributed by atoms with Crippen molar-refractivity contribution in [1.29, 1.82) is 0 Å². The molecular weight excluding hydrogens is 343 g/mol. The highest BCUT2D eigenvalue weighted by molar-refractivity contribution is 6.30. The van der Waals surface area contributed by atoms with Crippen molar-refractivity contribution >= 4 is 23.4 Å². The number of carbonyl (C=O) groups is 2. The van der Waals surface area contributed by atoms with Crippen LogP contribution in [-0.4, -0.2) is 29.8 Å². The molecular formula is C19H18ClFN2O2. The van der Waals surface area contributed by atoms with Crippen LogP contribution in [0.3, 0.4) is 0 Å². The Labute approximate surface area is 150 Å². The highest BCUT2D eigenvalue weighted by Crippen LogP contribution is 2.25. The van der Waals surface area contributed by atoms with Crippen LogP contribution in [0, 0.1) is 5.82 Å². The van der Waals surface area contributed by atoms with Crippen LogP contribution in [0.5, 0.6) is 0 Å². The van der Waals surface area contributed by atoms with Crippen molar-refractivity contribution in [2.45, 2.75) is 18.9 Å². The molecule has 0 aromatic heterocycles. The van der Waals surface area contributed by atoms with Gasteiger partial charge < -0.3 is 10.2 Å². The molecule has 0 aliphatic carbocycles. The fourth-order valence-electron chi connectivity index (χ4n) is 3.00. The molecule has 1 heterocycles. The van der Waals surface area contributed by atoms with Crippen LogP contribution >= 0.6 is 11.6 Å². The van der Waals surface area contributed by atoms with Crippen LogP contribution in [0.25, 0.3) is 0 Å². The molecule has 2 aromatic rings. The van der Waals surface area contributed by atoms with Crippen molar-refractivity contribution in [1.82, 2.24) is 10.2 Å². The van der Waals surface area contributed by atoms with E-state index in [-0.39, 0.29) is 24.1 Å². The first-order valence-electron chi connectivity index (χ1n) is 8.11. The van der Waals surface area contributed by atoms with Gasteiger partial charge in [0.15, 0.2) is 0 Å². The number of halogens is 2. The smallest absolute Gasteiger partial charge is 0.247 e. The van der Waals surface area contributed by atoms with Crippen molar-refractivity contribution < 1.29 is 14.0 Å². The summed E-state index contributed by atoms with van der Waals surface area (Å²) < 4.78 is 13.2. The third-order valence-electron chi connectivity index (χ3n) is 4.23. The molecule has 4 nitrogen and oxygen atoms in total. The molecule has 2 aromatic carbocycles. The van der Waals surface area contributed by atoms with E-state index in [4.69, 9.17) is 11.6 Å². The van der Waals surface area contributed by atoms with E-state index in [1.807, 2.05) is 18.2 Å². The maximum Gasteiger partial charge on any atom is 0.247 e. The van der Waals surface area contributed by atoms with E-state index in [1.54, 1.807) is 23.1 Å². The molecule has 0 bridgehead atoms. The molecule has 0 radical (unpaired) electrons. The first kappa shape index (κ1) is 17.4. The van der Waals surface area contributed by atoms with Gasteiger partial charge in [0.25, 0.3) is 0 Å². The third kappa shape index (κ3) is 4.17. The Bertz CT molecular complexity index is 779. The molecule has 2 amide bonds. The van der Waals surface area contributed by atoms with Gasteiger partial charge in [-0.15, -0.1) is 0 Å². The number of benzene rings is 2. The van der Waals surface area contributed by atoms with Crippen molar-refractivity contribution in [2.75, 3.05) is 13.1 Å². The van der Waals surface area contributed by atoms with E-state index in [0.717, 1.165) is 5.56 Å². The minimum absolute atomic E-state index is 0.107. The zero-order chi connectivity index (χ0) is 17.8. The molecule has 1 aliphatic rings. The number of rotatable bonds is 4. The quantitative estimate of drug-likeness (QED) is 0.910. The van der Waals surface area contributed by atoms with Crippen LogP contribution in [0.1, 0.15) is 23.6 Å². The summed E-state index contributed by atoms with van der Waals surface area (Å²) in [5.41, 5.74) is 1.58. The predicted molar refractivity (Wildman–Crippen MR) is 93.6 cm³/mol. The number of aryl methyl sites for hydroxylation is 1. The fourth-order valence-corrected chi connectivity index (χ4v) is 3.21. The van der Waals surface area contributed by atoms with Gasteiger partial charge in [0, 0.05) is 24.5 Å². The van der Waals surface area contributed by atoms with Gasteiger partial charge in [-0.1, -0.05) is 35.9 Å². The number of carbonyl (C=O) groups excluding carboxylic acids is 2. The Morgan fingerprint density at radius 3 is 2.72 bits per heavy atom. The second kappa shape index (κ2) is 7.66. The fraction of sp³-hybridized carbons (Fsp3) is 0.263. The molecule has 130 valence electrons. The summed E-state index contributed by atoms with van der Waals surface area (Å²) in [6, 6.07) is 12.3. The lowest BCUT2D eigenvalue weighted by Gasteiger charge is -2.35. The Balaban J connectivity index is 1.74. The zero-order valence-corrected chi connectivity index (χ0v) is 14.3. The maximum atomic E-state index is 13.2. The molecule has 1 fully saturated rings. The summed E-state index contributed by atoms with van der Waals surface area (Å²) >= 11 is 5.97. The third-order valence-corrected chi connectivity index (χ3v) is 4.47. The minimum atomic E-state index is -0.721. The second-order valence-electron chi connectivity index (χ2n) is 5.96. The first-order valence-corrected chi connectivity index (χ1v) is 8.49. The van der Waals surface area contributed by atoms with Crippen LogP contribution in [0.4, 0.5) is 4.39 Å². The Kier molecular flexibility index (Phi) is 5.34. The zero-order valence-electron chi connectivity index (χ0n) is 13.5. The monoisotopic (exact) mass is 360 g/mol. The standard InChI is InChI=1S/C19H18ClFN2O2/c20-15-3-1-2-13(12-15)4-9-17(24)23-11-10-22-19(25)18(23)14-5-7-16(21)8-6-14/h1-3,5-8,12,18H,4,9-11H2,(H,22,25). The molecule has 1 atom stereocenters. The highest BCUT2D eigenvalue weighted by atomic mass is 35.5. The summed E-state index contributed by atoms with van der Waals surface area (Å²) in [7, 11) is 0. The number of piperazine rings is 1. The maximum absolute atomic E-state index is 13.2. The topological polar surface area (TPSA) is 49.4 Å². The molecule has 3 rings (SSSR count). The van der Waals surface area contributed by atoms with Gasteiger partial charge in [0.2, 0.25) is 11.8 Å². The lowest BCUT2D eigenvalue weighted by atomic mass is 10.0. The van der Waals surface area contributed by atoms with E-state index in [2.05, 4.69) is 5.32 Å². The van der Waals surface area contributed by atoms with Gasteiger partial charge in [-0.3, -0.25) is 9.59 Å². The number of nitrogens with one attached hydrogen (secondary N) is 1.